The highest BCUT2D eigenvalue weighted by atomic mass is 32.1. The predicted octanol–water partition coefficient (Wildman–Crippen LogP) is 6.48. The molecule has 4 rings (SSSR count). The summed E-state index contributed by atoms with van der Waals surface area (Å²) in [5, 5.41) is 11.0. The highest BCUT2D eigenvalue weighted by Gasteiger charge is 2.54. The van der Waals surface area contributed by atoms with Gasteiger partial charge in [-0.25, -0.2) is 4.98 Å². The molecule has 0 amide bonds. The van der Waals surface area contributed by atoms with Crippen molar-refractivity contribution in [3.8, 4) is 16.7 Å². The lowest BCUT2D eigenvalue weighted by molar-refractivity contribution is -0.269. The first kappa shape index (κ1) is 22.1. The Balaban J connectivity index is 1.54. The molecule has 0 saturated heterocycles. The number of alkyl halides is 3. The molecule has 0 aliphatic carbocycles. The van der Waals surface area contributed by atoms with E-state index >= 15 is 0 Å². The summed E-state index contributed by atoms with van der Waals surface area (Å²) < 4.78 is 53.4. The lowest BCUT2D eigenvalue weighted by Crippen LogP contribution is -2.42. The van der Waals surface area contributed by atoms with Gasteiger partial charge in [-0.05, 0) is 48.2 Å². The molecule has 0 bridgehead atoms. The molecule has 4 nitrogen and oxygen atoms in total. The van der Waals surface area contributed by atoms with Crippen LogP contribution < -0.4 is 9.47 Å². The Hall–Kier alpha value is -3.10. The van der Waals surface area contributed by atoms with Gasteiger partial charge in [0.2, 0.25) is 0 Å². The monoisotopic (exact) mass is 459 g/mol. The van der Waals surface area contributed by atoms with Gasteiger partial charge < -0.3 is 14.6 Å². The van der Waals surface area contributed by atoms with E-state index in [0.29, 0.717) is 22.3 Å². The molecular formula is C24H20F3NO3S. The standard InChI is InChI=1S/C24H20F3NO3S/c1-30-20-15-16(13-14-23(29,24(25,26)27)17-7-3-2-4-8-17)11-12-19(20)31-22-28-18-9-5-6-10-21(18)32-22/h2-12,15,29H,13-14H2,1H3. The van der Waals surface area contributed by atoms with Crippen molar-refractivity contribution >= 4 is 21.6 Å². The molecule has 0 radical (unpaired) electrons. The maximum absolute atomic E-state index is 13.7. The van der Waals surface area contributed by atoms with Gasteiger partial charge in [-0.15, -0.1) is 0 Å². The van der Waals surface area contributed by atoms with Gasteiger partial charge >= 0.3 is 6.18 Å². The van der Waals surface area contributed by atoms with E-state index in [1.54, 1.807) is 24.3 Å². The van der Waals surface area contributed by atoms with Crippen molar-refractivity contribution < 1.29 is 27.8 Å². The normalized spacial score (nSPS) is 13.7. The summed E-state index contributed by atoms with van der Waals surface area (Å²) in [4.78, 5) is 4.42. The first-order chi connectivity index (χ1) is 15.3. The number of rotatable bonds is 7. The second-order valence-electron chi connectivity index (χ2n) is 7.26. The minimum absolute atomic E-state index is 0.0112. The third-order valence-electron chi connectivity index (χ3n) is 5.20. The topological polar surface area (TPSA) is 51.6 Å². The zero-order chi connectivity index (χ0) is 22.8. The number of nitrogens with zero attached hydrogens (tertiary/aromatic N) is 1. The summed E-state index contributed by atoms with van der Waals surface area (Å²) in [7, 11) is 1.46. The molecule has 1 aromatic heterocycles. The van der Waals surface area contributed by atoms with Crippen LogP contribution in [0.5, 0.6) is 16.7 Å². The van der Waals surface area contributed by atoms with E-state index in [9.17, 15) is 18.3 Å². The van der Waals surface area contributed by atoms with Crippen molar-refractivity contribution in [1.29, 1.82) is 0 Å². The molecule has 0 spiro atoms. The fourth-order valence-corrected chi connectivity index (χ4v) is 4.26. The minimum atomic E-state index is -4.81. The fraction of sp³-hybridized carbons (Fsp3) is 0.208. The van der Waals surface area contributed by atoms with Crippen LogP contribution in [-0.4, -0.2) is 23.4 Å². The lowest BCUT2D eigenvalue weighted by Gasteiger charge is -2.31. The number of thiazole rings is 1. The summed E-state index contributed by atoms with van der Waals surface area (Å²) >= 11 is 1.38. The predicted molar refractivity (Wildman–Crippen MR) is 117 cm³/mol. The molecule has 1 atom stereocenters. The number of hydrogen-bond donors (Lipinski definition) is 1. The van der Waals surface area contributed by atoms with Crippen molar-refractivity contribution in [2.75, 3.05) is 7.11 Å². The van der Waals surface area contributed by atoms with E-state index in [2.05, 4.69) is 4.98 Å². The molecule has 3 aromatic carbocycles. The van der Waals surface area contributed by atoms with E-state index in [4.69, 9.17) is 9.47 Å². The Labute approximate surface area is 186 Å². The van der Waals surface area contributed by atoms with E-state index in [-0.39, 0.29) is 12.0 Å². The van der Waals surface area contributed by atoms with E-state index in [1.165, 1.54) is 42.7 Å². The fourth-order valence-electron chi connectivity index (χ4n) is 3.43. The lowest BCUT2D eigenvalue weighted by atomic mass is 9.87. The highest BCUT2D eigenvalue weighted by Crippen LogP contribution is 2.43. The zero-order valence-corrected chi connectivity index (χ0v) is 17.9. The Morgan fingerprint density at radius 1 is 0.938 bits per heavy atom. The first-order valence-electron chi connectivity index (χ1n) is 9.85. The summed E-state index contributed by atoms with van der Waals surface area (Å²) in [5.41, 5.74) is -1.74. The number of fused-ring (bicyclic) bond motifs is 1. The van der Waals surface area contributed by atoms with E-state index in [0.717, 1.165) is 10.2 Å². The Bertz CT molecular complexity index is 1180. The number of methoxy groups -OCH3 is 1. The number of halogens is 3. The molecule has 0 aliphatic rings. The molecule has 1 heterocycles. The van der Waals surface area contributed by atoms with Gasteiger partial charge in [-0.2, -0.15) is 13.2 Å². The van der Waals surface area contributed by atoms with Gasteiger partial charge in [0.25, 0.3) is 5.19 Å². The quantitative estimate of drug-likeness (QED) is 0.344. The van der Waals surface area contributed by atoms with Crippen LogP contribution in [0.1, 0.15) is 17.5 Å². The third kappa shape index (κ3) is 4.42. The second-order valence-corrected chi connectivity index (χ2v) is 8.25. The molecule has 0 fully saturated rings. The third-order valence-corrected chi connectivity index (χ3v) is 6.11. The van der Waals surface area contributed by atoms with Crippen molar-refractivity contribution in [2.24, 2.45) is 0 Å². The van der Waals surface area contributed by atoms with Crippen LogP contribution in [-0.2, 0) is 12.0 Å². The van der Waals surface area contributed by atoms with Crippen LogP contribution in [0.4, 0.5) is 13.2 Å². The zero-order valence-electron chi connectivity index (χ0n) is 17.1. The van der Waals surface area contributed by atoms with Gasteiger partial charge in [-0.3, -0.25) is 0 Å². The Morgan fingerprint density at radius 3 is 2.34 bits per heavy atom. The number of hydrogen-bond acceptors (Lipinski definition) is 5. The molecule has 1 N–H and O–H groups in total. The summed E-state index contributed by atoms with van der Waals surface area (Å²) in [6.45, 7) is 0. The van der Waals surface area contributed by atoms with Crippen LogP contribution in [0.25, 0.3) is 10.2 Å². The molecule has 166 valence electrons. The average molecular weight is 459 g/mol. The molecular weight excluding hydrogens is 439 g/mol. The van der Waals surface area contributed by atoms with Crippen molar-refractivity contribution in [2.45, 2.75) is 24.6 Å². The molecule has 32 heavy (non-hydrogen) atoms. The van der Waals surface area contributed by atoms with Crippen molar-refractivity contribution in [3.05, 3.63) is 83.9 Å². The van der Waals surface area contributed by atoms with Gasteiger partial charge in [0, 0.05) is 0 Å². The van der Waals surface area contributed by atoms with Crippen LogP contribution in [0.15, 0.2) is 72.8 Å². The average Bonchev–Trinajstić information content (AvgIpc) is 3.20. The summed E-state index contributed by atoms with van der Waals surface area (Å²) in [5.74, 6) is 0.779. The van der Waals surface area contributed by atoms with Crippen LogP contribution in [0.3, 0.4) is 0 Å². The van der Waals surface area contributed by atoms with Crippen molar-refractivity contribution in [3.63, 3.8) is 0 Å². The van der Waals surface area contributed by atoms with Gasteiger partial charge in [0.1, 0.15) is 0 Å². The maximum atomic E-state index is 13.7. The Kier molecular flexibility index (Phi) is 6.08. The molecule has 4 aromatic rings. The number of aryl methyl sites for hydroxylation is 1. The molecule has 8 heteroatoms. The smallest absolute Gasteiger partial charge is 0.421 e. The number of para-hydroxylation sites is 1. The Morgan fingerprint density at radius 2 is 1.66 bits per heavy atom. The highest BCUT2D eigenvalue weighted by molar-refractivity contribution is 7.20. The SMILES string of the molecule is COc1cc(CCC(O)(c2ccccc2)C(F)(F)F)ccc1Oc1nc2ccccc2s1. The van der Waals surface area contributed by atoms with E-state index < -0.39 is 18.2 Å². The van der Waals surface area contributed by atoms with Gasteiger partial charge in [0.05, 0.1) is 17.3 Å². The molecule has 1 unspecified atom stereocenters. The van der Waals surface area contributed by atoms with Crippen LogP contribution in [0.2, 0.25) is 0 Å². The summed E-state index contributed by atoms with van der Waals surface area (Å²) in [6.07, 6.45) is -5.35. The van der Waals surface area contributed by atoms with Gasteiger partial charge in [-0.1, -0.05) is 59.9 Å². The minimum Gasteiger partial charge on any atom is -0.493 e. The van der Waals surface area contributed by atoms with Gasteiger partial charge in [0.15, 0.2) is 17.1 Å². The largest absolute Gasteiger partial charge is 0.493 e. The maximum Gasteiger partial charge on any atom is 0.421 e. The second kappa shape index (κ2) is 8.80. The number of benzene rings is 3. The van der Waals surface area contributed by atoms with Crippen molar-refractivity contribution in [1.82, 2.24) is 4.98 Å². The molecule has 0 saturated carbocycles. The number of ether oxygens (including phenoxy) is 2. The summed E-state index contributed by atoms with van der Waals surface area (Å²) in [6, 6.07) is 19.7. The first-order valence-corrected chi connectivity index (χ1v) is 10.7. The number of aliphatic hydroxyl groups is 1. The van der Waals surface area contributed by atoms with Crippen LogP contribution in [0, 0.1) is 0 Å². The number of aromatic nitrogens is 1. The molecule has 0 aliphatic heterocycles. The van der Waals surface area contributed by atoms with Crippen LogP contribution >= 0.6 is 11.3 Å². The van der Waals surface area contributed by atoms with E-state index in [1.807, 2.05) is 24.3 Å².